The Morgan fingerprint density at radius 1 is 0.821 bits per heavy atom. The fourth-order valence-corrected chi connectivity index (χ4v) is 4.75. The number of nitrogens with zero attached hydrogens (tertiary/aromatic N) is 3. The summed E-state index contributed by atoms with van der Waals surface area (Å²) in [6, 6.07) is 21.2. The smallest absolute Gasteiger partial charge is 0.0369 e. The van der Waals surface area contributed by atoms with Crippen LogP contribution in [0.15, 0.2) is 54.6 Å². The number of hydrogen-bond acceptors (Lipinski definition) is 3. The van der Waals surface area contributed by atoms with Crippen molar-refractivity contribution in [1.82, 2.24) is 9.80 Å². The van der Waals surface area contributed by atoms with Gasteiger partial charge in [0.2, 0.25) is 0 Å². The molecule has 152 valence electrons. The van der Waals surface area contributed by atoms with Gasteiger partial charge in [0.25, 0.3) is 0 Å². The Morgan fingerprint density at radius 2 is 1.50 bits per heavy atom. The lowest BCUT2D eigenvalue weighted by Gasteiger charge is -2.44. The van der Waals surface area contributed by atoms with Crippen LogP contribution in [0.4, 0.5) is 5.69 Å². The molecule has 28 heavy (non-hydrogen) atoms. The first kappa shape index (κ1) is 21.2. The van der Waals surface area contributed by atoms with E-state index in [0.29, 0.717) is 6.04 Å². The molecule has 2 aromatic carbocycles. The van der Waals surface area contributed by atoms with Crippen LogP contribution < -0.4 is 4.90 Å². The molecule has 0 bridgehead atoms. The monoisotopic (exact) mass is 399 g/mol. The molecule has 2 aromatic rings. The van der Waals surface area contributed by atoms with Crippen LogP contribution in [-0.4, -0.2) is 55.1 Å². The van der Waals surface area contributed by atoms with Gasteiger partial charge in [-0.2, -0.15) is 0 Å². The van der Waals surface area contributed by atoms with Crippen molar-refractivity contribution in [1.29, 1.82) is 0 Å². The first-order valence-corrected chi connectivity index (χ1v) is 10.6. The van der Waals surface area contributed by atoms with Crippen molar-refractivity contribution in [3.63, 3.8) is 0 Å². The van der Waals surface area contributed by atoms with Crippen molar-refractivity contribution >= 4 is 18.1 Å². The number of anilines is 1. The van der Waals surface area contributed by atoms with Crippen LogP contribution in [0.25, 0.3) is 0 Å². The summed E-state index contributed by atoms with van der Waals surface area (Å²) in [5.74, 6) is 0. The zero-order valence-corrected chi connectivity index (χ0v) is 18.1. The summed E-state index contributed by atoms with van der Waals surface area (Å²) in [4.78, 5) is 7.96. The molecule has 0 amide bonds. The summed E-state index contributed by atoms with van der Waals surface area (Å²) >= 11 is 0. The third-order valence-electron chi connectivity index (χ3n) is 6.53. The van der Waals surface area contributed by atoms with E-state index in [1.807, 2.05) is 0 Å². The van der Waals surface area contributed by atoms with Gasteiger partial charge in [0.1, 0.15) is 0 Å². The van der Waals surface area contributed by atoms with E-state index < -0.39 is 0 Å². The van der Waals surface area contributed by atoms with Gasteiger partial charge in [-0.15, -0.1) is 12.4 Å². The summed E-state index contributed by atoms with van der Waals surface area (Å²) < 4.78 is 0. The minimum atomic E-state index is 0. The van der Waals surface area contributed by atoms with Gasteiger partial charge in [0, 0.05) is 57.0 Å². The molecular weight excluding hydrogens is 366 g/mol. The molecule has 0 radical (unpaired) electrons. The molecule has 2 heterocycles. The van der Waals surface area contributed by atoms with E-state index in [4.69, 9.17) is 0 Å². The molecule has 0 aliphatic carbocycles. The van der Waals surface area contributed by atoms with Gasteiger partial charge in [0.15, 0.2) is 0 Å². The second-order valence-corrected chi connectivity index (χ2v) is 8.22. The Bertz CT molecular complexity index is 720. The van der Waals surface area contributed by atoms with Crippen molar-refractivity contribution in [3.05, 3.63) is 65.7 Å². The molecule has 2 saturated heterocycles. The lowest BCUT2D eigenvalue weighted by molar-refractivity contribution is 0.0840. The third kappa shape index (κ3) is 4.89. The van der Waals surface area contributed by atoms with Crippen LogP contribution in [0.1, 0.15) is 36.9 Å². The molecule has 2 aliphatic rings. The summed E-state index contributed by atoms with van der Waals surface area (Å²) in [6.07, 6.45) is 2.61. The second-order valence-electron chi connectivity index (χ2n) is 8.22. The average molecular weight is 400 g/mol. The Hall–Kier alpha value is -1.55. The van der Waals surface area contributed by atoms with E-state index in [1.54, 1.807) is 0 Å². The predicted molar refractivity (Wildman–Crippen MR) is 122 cm³/mol. The molecule has 1 atom stereocenters. The number of halogens is 1. The Morgan fingerprint density at radius 3 is 2.14 bits per heavy atom. The number of hydrogen-bond donors (Lipinski definition) is 0. The molecule has 0 spiro atoms. The normalized spacial score (nSPS) is 20.6. The van der Waals surface area contributed by atoms with Crippen LogP contribution in [0, 0.1) is 6.92 Å². The van der Waals surface area contributed by atoms with Crippen LogP contribution in [0.3, 0.4) is 0 Å². The molecule has 0 saturated carbocycles. The van der Waals surface area contributed by atoms with E-state index in [-0.39, 0.29) is 12.4 Å². The van der Waals surface area contributed by atoms with Crippen LogP contribution >= 0.6 is 12.4 Å². The summed E-state index contributed by atoms with van der Waals surface area (Å²) in [5, 5.41) is 0. The minimum absolute atomic E-state index is 0. The molecule has 2 aliphatic heterocycles. The van der Waals surface area contributed by atoms with Gasteiger partial charge < -0.3 is 4.90 Å². The van der Waals surface area contributed by atoms with Gasteiger partial charge in [-0.3, -0.25) is 9.80 Å². The molecule has 1 unspecified atom stereocenters. The topological polar surface area (TPSA) is 9.72 Å². The first-order valence-electron chi connectivity index (χ1n) is 10.6. The van der Waals surface area contributed by atoms with E-state index >= 15 is 0 Å². The van der Waals surface area contributed by atoms with Crippen molar-refractivity contribution < 1.29 is 0 Å². The standard InChI is InChI=1S/C24H33N3.ClH/c1-20-7-6-10-24(19-20)27-17-15-26(16-18-27)23-11-13-25(14-12-23)21(2)22-8-4-3-5-9-22;/h3-10,19,21,23H,11-18H2,1-2H3;1H. The van der Waals surface area contributed by atoms with Gasteiger partial charge in [-0.1, -0.05) is 42.5 Å². The molecule has 0 aromatic heterocycles. The number of benzene rings is 2. The highest BCUT2D eigenvalue weighted by Crippen LogP contribution is 2.27. The largest absolute Gasteiger partial charge is 0.369 e. The molecule has 2 fully saturated rings. The highest BCUT2D eigenvalue weighted by Gasteiger charge is 2.29. The summed E-state index contributed by atoms with van der Waals surface area (Å²) in [5.41, 5.74) is 4.19. The van der Waals surface area contributed by atoms with Crippen LogP contribution in [0.5, 0.6) is 0 Å². The maximum atomic E-state index is 2.75. The first-order chi connectivity index (χ1) is 13.2. The fraction of sp³-hybridized carbons (Fsp3) is 0.500. The van der Waals surface area contributed by atoms with Crippen molar-refractivity contribution in [2.75, 3.05) is 44.2 Å². The highest BCUT2D eigenvalue weighted by molar-refractivity contribution is 5.85. The average Bonchev–Trinajstić information content (AvgIpc) is 2.74. The van der Waals surface area contributed by atoms with Crippen LogP contribution in [-0.2, 0) is 0 Å². The minimum Gasteiger partial charge on any atom is -0.369 e. The number of piperazine rings is 1. The van der Waals surface area contributed by atoms with E-state index in [2.05, 4.69) is 83.1 Å². The van der Waals surface area contributed by atoms with E-state index in [9.17, 15) is 0 Å². The Labute approximate surface area is 176 Å². The maximum absolute atomic E-state index is 2.75. The maximum Gasteiger partial charge on any atom is 0.0369 e. The third-order valence-corrected chi connectivity index (χ3v) is 6.53. The lowest BCUT2D eigenvalue weighted by Crippen LogP contribution is -2.53. The van der Waals surface area contributed by atoms with Gasteiger partial charge in [0.05, 0.1) is 0 Å². The lowest BCUT2D eigenvalue weighted by atomic mass is 9.98. The molecule has 4 heteroatoms. The zero-order valence-electron chi connectivity index (χ0n) is 17.3. The highest BCUT2D eigenvalue weighted by atomic mass is 35.5. The number of rotatable bonds is 4. The van der Waals surface area contributed by atoms with Gasteiger partial charge in [-0.05, 0) is 49.9 Å². The molecule has 3 nitrogen and oxygen atoms in total. The zero-order chi connectivity index (χ0) is 18.6. The Kier molecular flexibility index (Phi) is 7.39. The van der Waals surface area contributed by atoms with Crippen LogP contribution in [0.2, 0.25) is 0 Å². The van der Waals surface area contributed by atoms with E-state index in [1.165, 1.54) is 55.8 Å². The van der Waals surface area contributed by atoms with E-state index in [0.717, 1.165) is 19.1 Å². The summed E-state index contributed by atoms with van der Waals surface area (Å²) in [6.45, 7) is 11.7. The van der Waals surface area contributed by atoms with Crippen molar-refractivity contribution in [2.24, 2.45) is 0 Å². The number of aryl methyl sites for hydroxylation is 1. The molecule has 0 N–H and O–H groups in total. The second kappa shape index (κ2) is 9.78. The molecular formula is C24H34ClN3. The van der Waals surface area contributed by atoms with Gasteiger partial charge in [-0.25, -0.2) is 0 Å². The van der Waals surface area contributed by atoms with Gasteiger partial charge >= 0.3 is 0 Å². The SMILES string of the molecule is Cc1cccc(N2CCN(C3CCN(C(C)c4ccccc4)CC3)CC2)c1.Cl. The predicted octanol–water partition coefficient (Wildman–Crippen LogP) is 4.76. The summed E-state index contributed by atoms with van der Waals surface area (Å²) in [7, 11) is 0. The molecule has 4 rings (SSSR count). The van der Waals surface area contributed by atoms with Crippen molar-refractivity contribution in [2.45, 2.75) is 38.8 Å². The van der Waals surface area contributed by atoms with Crippen molar-refractivity contribution in [3.8, 4) is 0 Å². The fourth-order valence-electron chi connectivity index (χ4n) is 4.75. The number of piperidine rings is 1. The number of likely N-dealkylation sites (tertiary alicyclic amines) is 1. The quantitative estimate of drug-likeness (QED) is 0.733. The Balaban J connectivity index is 0.00000225.